The summed E-state index contributed by atoms with van der Waals surface area (Å²) in [5, 5.41) is 16.7. The van der Waals surface area contributed by atoms with Crippen molar-refractivity contribution in [1.82, 2.24) is 34.3 Å². The standard InChI is InChI=1S/C26H32N8O.CHN/c1-17(2)34-25-19(15-28-34)12-20(14-27-25)26(35)32-11-5-4-8-22(32)21-13-23-29-24(31-9-6-7-10-31)18(3)16-33(23)30-21;1-2/h12-17,22H,4-11H2,1-3H3;1H. The van der Waals surface area contributed by atoms with Crippen LogP contribution in [0.3, 0.4) is 0 Å². The van der Waals surface area contributed by atoms with Crippen molar-refractivity contribution in [2.75, 3.05) is 24.5 Å². The summed E-state index contributed by atoms with van der Waals surface area (Å²) in [5.74, 6) is 1.06. The second kappa shape index (κ2) is 10.2. The van der Waals surface area contributed by atoms with Gasteiger partial charge < -0.3 is 9.80 Å². The fourth-order valence-corrected chi connectivity index (χ4v) is 5.51. The topological polar surface area (TPSA) is 108 Å². The van der Waals surface area contributed by atoms with Gasteiger partial charge in [0.05, 0.1) is 23.5 Å². The third-order valence-corrected chi connectivity index (χ3v) is 7.30. The maximum atomic E-state index is 13.7. The van der Waals surface area contributed by atoms with Crippen molar-refractivity contribution in [3.05, 3.63) is 47.5 Å². The average Bonchev–Trinajstić information content (AvgIpc) is 3.68. The molecule has 2 saturated heterocycles. The van der Waals surface area contributed by atoms with Gasteiger partial charge in [0.15, 0.2) is 11.3 Å². The van der Waals surface area contributed by atoms with E-state index in [1.54, 1.807) is 12.4 Å². The second-order valence-electron chi connectivity index (χ2n) is 10.1. The molecule has 2 aliphatic heterocycles. The first-order valence-corrected chi connectivity index (χ1v) is 13.0. The number of rotatable bonds is 4. The van der Waals surface area contributed by atoms with Gasteiger partial charge in [-0.15, -0.1) is 0 Å². The maximum Gasteiger partial charge on any atom is 0.256 e. The normalized spacial score (nSPS) is 17.9. The molecule has 0 aromatic carbocycles. The smallest absolute Gasteiger partial charge is 0.256 e. The van der Waals surface area contributed by atoms with Gasteiger partial charge in [-0.25, -0.2) is 24.4 Å². The Hall–Kier alpha value is -4.00. The van der Waals surface area contributed by atoms with Crippen LogP contribution in [0.2, 0.25) is 0 Å². The van der Waals surface area contributed by atoms with Crippen LogP contribution < -0.4 is 4.90 Å². The molecule has 0 bridgehead atoms. The molecule has 0 N–H and O–H groups in total. The number of pyridine rings is 1. The fourth-order valence-electron chi connectivity index (χ4n) is 5.51. The monoisotopic (exact) mass is 499 g/mol. The molecule has 6 rings (SSSR count). The summed E-state index contributed by atoms with van der Waals surface area (Å²) < 4.78 is 3.75. The zero-order valence-corrected chi connectivity index (χ0v) is 21.7. The number of piperidine rings is 1. The van der Waals surface area contributed by atoms with Crippen LogP contribution in [0.25, 0.3) is 16.7 Å². The molecule has 10 nitrogen and oxygen atoms in total. The fraction of sp³-hybridized carbons (Fsp3) is 0.481. The number of hydrogen-bond donors (Lipinski definition) is 0. The third kappa shape index (κ3) is 4.50. The summed E-state index contributed by atoms with van der Waals surface area (Å²) in [6, 6.07) is 4.12. The number of fused-ring (bicyclic) bond motifs is 2. The number of amides is 1. The molecule has 192 valence electrons. The average molecular weight is 500 g/mol. The second-order valence-corrected chi connectivity index (χ2v) is 10.1. The number of nitrogens with zero attached hydrogens (tertiary/aromatic N) is 9. The van der Waals surface area contributed by atoms with E-state index in [-0.39, 0.29) is 18.0 Å². The Kier molecular flexibility index (Phi) is 6.78. The highest BCUT2D eigenvalue weighted by Crippen LogP contribution is 2.33. The van der Waals surface area contributed by atoms with E-state index in [9.17, 15) is 4.79 Å². The summed E-state index contributed by atoms with van der Waals surface area (Å²) in [6.07, 6.45) is 10.9. The van der Waals surface area contributed by atoms with Gasteiger partial charge in [-0.2, -0.15) is 10.2 Å². The highest BCUT2D eigenvalue weighted by molar-refractivity contribution is 5.97. The predicted octanol–water partition coefficient (Wildman–Crippen LogP) is 4.47. The number of aromatic nitrogens is 6. The molecular formula is C27H33N9O. The van der Waals surface area contributed by atoms with Crippen LogP contribution >= 0.6 is 0 Å². The molecule has 0 radical (unpaired) electrons. The van der Waals surface area contributed by atoms with E-state index in [4.69, 9.17) is 15.3 Å². The number of anilines is 1. The summed E-state index contributed by atoms with van der Waals surface area (Å²) in [7, 11) is 0. The molecule has 1 unspecified atom stereocenters. The first-order valence-electron chi connectivity index (χ1n) is 13.0. The Labute approximate surface area is 216 Å². The quantitative estimate of drug-likeness (QED) is 0.407. The highest BCUT2D eigenvalue weighted by Gasteiger charge is 2.31. The Balaban J connectivity index is 0.00000137. The largest absolute Gasteiger partial charge is 0.356 e. The van der Waals surface area contributed by atoms with Crippen molar-refractivity contribution >= 4 is 28.4 Å². The van der Waals surface area contributed by atoms with Gasteiger partial charge in [-0.05, 0) is 58.9 Å². The van der Waals surface area contributed by atoms with Crippen molar-refractivity contribution in [3.8, 4) is 6.57 Å². The van der Waals surface area contributed by atoms with Gasteiger partial charge in [-0.3, -0.25) is 4.79 Å². The Morgan fingerprint density at radius 2 is 1.84 bits per heavy atom. The number of hydrogen-bond acceptors (Lipinski definition) is 7. The van der Waals surface area contributed by atoms with E-state index in [2.05, 4.69) is 54.6 Å². The number of carbonyl (C=O) groups excluding carboxylic acids is 1. The van der Waals surface area contributed by atoms with Gasteiger partial charge in [0.25, 0.3) is 5.91 Å². The molecule has 0 saturated carbocycles. The lowest BCUT2D eigenvalue weighted by Crippen LogP contribution is -2.38. The number of likely N-dealkylation sites (tertiary alicyclic amines) is 1. The van der Waals surface area contributed by atoms with Crippen molar-refractivity contribution in [2.45, 2.75) is 65.0 Å². The Bertz CT molecular complexity index is 1440. The van der Waals surface area contributed by atoms with Crippen LogP contribution in [0.5, 0.6) is 0 Å². The van der Waals surface area contributed by atoms with Crippen molar-refractivity contribution in [1.29, 1.82) is 5.26 Å². The van der Waals surface area contributed by atoms with E-state index in [0.29, 0.717) is 12.1 Å². The van der Waals surface area contributed by atoms with E-state index in [1.807, 2.05) is 20.2 Å². The van der Waals surface area contributed by atoms with E-state index in [0.717, 1.165) is 66.1 Å². The molecule has 0 spiro atoms. The first kappa shape index (κ1) is 24.7. The number of aryl methyl sites for hydroxylation is 1. The third-order valence-electron chi connectivity index (χ3n) is 7.30. The number of carbonyl (C=O) groups is 1. The summed E-state index contributed by atoms with van der Waals surface area (Å²) >= 11 is 0. The van der Waals surface area contributed by atoms with Crippen LogP contribution in [0.4, 0.5) is 5.82 Å². The molecule has 6 heterocycles. The molecule has 2 aliphatic rings. The Morgan fingerprint density at radius 3 is 2.59 bits per heavy atom. The molecule has 2 fully saturated rings. The molecule has 1 atom stereocenters. The predicted molar refractivity (Wildman–Crippen MR) is 141 cm³/mol. The lowest BCUT2D eigenvalue weighted by molar-refractivity contribution is 0.0605. The molecule has 4 aromatic heterocycles. The van der Waals surface area contributed by atoms with Crippen molar-refractivity contribution < 1.29 is 4.79 Å². The van der Waals surface area contributed by atoms with Crippen LogP contribution in [-0.4, -0.2) is 59.8 Å². The lowest BCUT2D eigenvalue weighted by atomic mass is 9.98. The molecular weight excluding hydrogens is 466 g/mol. The van der Waals surface area contributed by atoms with Gasteiger partial charge in [-0.1, -0.05) is 0 Å². The van der Waals surface area contributed by atoms with Crippen LogP contribution in [0.15, 0.2) is 30.7 Å². The number of nitriles is 1. The minimum absolute atomic E-state index is 0.000323. The van der Waals surface area contributed by atoms with Gasteiger partial charge in [0, 0.05) is 61.7 Å². The lowest BCUT2D eigenvalue weighted by Gasteiger charge is -2.34. The van der Waals surface area contributed by atoms with E-state index < -0.39 is 0 Å². The minimum atomic E-state index is -0.0671. The maximum absolute atomic E-state index is 13.7. The summed E-state index contributed by atoms with van der Waals surface area (Å²) in [6.45, 7) is 12.6. The van der Waals surface area contributed by atoms with Crippen LogP contribution in [0, 0.1) is 18.8 Å². The minimum Gasteiger partial charge on any atom is -0.356 e. The first-order chi connectivity index (χ1) is 18.0. The van der Waals surface area contributed by atoms with Gasteiger partial charge >= 0.3 is 0 Å². The summed E-state index contributed by atoms with van der Waals surface area (Å²) in [5.41, 5.74) is 4.29. The molecule has 4 aromatic rings. The molecule has 1 amide bonds. The van der Waals surface area contributed by atoms with E-state index in [1.165, 1.54) is 12.8 Å². The van der Waals surface area contributed by atoms with E-state index >= 15 is 0 Å². The van der Waals surface area contributed by atoms with Gasteiger partial charge in [0.1, 0.15) is 5.82 Å². The van der Waals surface area contributed by atoms with Crippen LogP contribution in [-0.2, 0) is 0 Å². The Morgan fingerprint density at radius 1 is 1.08 bits per heavy atom. The molecule has 0 aliphatic carbocycles. The van der Waals surface area contributed by atoms with Gasteiger partial charge in [0.2, 0.25) is 0 Å². The molecule has 37 heavy (non-hydrogen) atoms. The molecule has 10 heteroatoms. The van der Waals surface area contributed by atoms with Crippen molar-refractivity contribution in [2.24, 2.45) is 0 Å². The SMILES string of the molecule is C#N.Cc1cn2nc(C3CCCCN3C(=O)c3cnc4c(cnn4C(C)C)c3)cc2nc1N1CCCC1. The zero-order valence-electron chi connectivity index (χ0n) is 21.7. The van der Waals surface area contributed by atoms with Crippen LogP contribution in [0.1, 0.15) is 79.7 Å². The zero-order chi connectivity index (χ0) is 26.1. The summed E-state index contributed by atoms with van der Waals surface area (Å²) in [4.78, 5) is 27.5. The highest BCUT2D eigenvalue weighted by atomic mass is 16.2. The van der Waals surface area contributed by atoms with Crippen molar-refractivity contribution in [3.63, 3.8) is 0 Å².